The zero-order valence-electron chi connectivity index (χ0n) is 14.2. The molecule has 0 radical (unpaired) electrons. The van der Waals surface area contributed by atoms with Gasteiger partial charge in [-0.1, -0.05) is 25.1 Å². The topological polar surface area (TPSA) is 73.3 Å². The molecule has 0 saturated carbocycles. The second-order valence-electron chi connectivity index (χ2n) is 5.51. The number of carbonyl (C=O) groups excluding carboxylic acids is 1. The van der Waals surface area contributed by atoms with Crippen molar-refractivity contribution in [2.75, 3.05) is 13.2 Å². The molecule has 0 atom stereocenters. The lowest BCUT2D eigenvalue weighted by Crippen LogP contribution is -2.27. The first-order valence-electron chi connectivity index (χ1n) is 8.17. The molecule has 3 rings (SSSR count). The molecule has 0 aliphatic carbocycles. The SMILES string of the molecule is CCc1cc2c(=O)n(CC(=O)OCCOc3ccccc3)c(=S)[nH]c2s1. The highest BCUT2D eigenvalue weighted by atomic mass is 32.1. The summed E-state index contributed by atoms with van der Waals surface area (Å²) in [5, 5.41) is 0.542. The maximum absolute atomic E-state index is 12.6. The Kier molecular flexibility index (Phi) is 5.85. The minimum Gasteiger partial charge on any atom is -0.490 e. The van der Waals surface area contributed by atoms with Crippen LogP contribution in [0, 0.1) is 4.77 Å². The highest BCUT2D eigenvalue weighted by Crippen LogP contribution is 2.21. The summed E-state index contributed by atoms with van der Waals surface area (Å²) in [6.45, 7) is 2.13. The number of aromatic amines is 1. The van der Waals surface area contributed by atoms with Gasteiger partial charge < -0.3 is 14.5 Å². The van der Waals surface area contributed by atoms with Gasteiger partial charge in [-0.05, 0) is 36.8 Å². The number of rotatable bonds is 7. The van der Waals surface area contributed by atoms with Crippen molar-refractivity contribution in [3.05, 3.63) is 56.4 Å². The molecule has 0 spiro atoms. The summed E-state index contributed by atoms with van der Waals surface area (Å²) in [6, 6.07) is 11.1. The Morgan fingerprint density at radius 2 is 2.04 bits per heavy atom. The van der Waals surface area contributed by atoms with Crippen molar-refractivity contribution in [2.24, 2.45) is 0 Å². The van der Waals surface area contributed by atoms with Crippen LogP contribution in [0.2, 0.25) is 0 Å². The lowest BCUT2D eigenvalue weighted by Gasteiger charge is -2.08. The Labute approximate surface area is 159 Å². The summed E-state index contributed by atoms with van der Waals surface area (Å²) < 4.78 is 12.0. The molecule has 6 nitrogen and oxygen atoms in total. The lowest BCUT2D eigenvalue weighted by molar-refractivity contribution is -0.145. The van der Waals surface area contributed by atoms with Crippen LogP contribution in [-0.2, 0) is 22.5 Å². The van der Waals surface area contributed by atoms with E-state index in [1.54, 1.807) is 0 Å². The molecule has 0 amide bonds. The number of hydrogen-bond donors (Lipinski definition) is 1. The molecule has 1 N–H and O–H groups in total. The molecule has 8 heteroatoms. The van der Waals surface area contributed by atoms with E-state index in [4.69, 9.17) is 21.7 Å². The number of esters is 1. The standard InChI is InChI=1S/C18H18N2O4S2/c1-2-13-10-14-16(26-13)19-18(25)20(17(14)22)11-15(21)24-9-8-23-12-6-4-3-5-7-12/h3-7,10H,2,8-9,11H2,1H3,(H,19,25). The van der Waals surface area contributed by atoms with E-state index in [1.807, 2.05) is 43.3 Å². The maximum Gasteiger partial charge on any atom is 0.326 e. The van der Waals surface area contributed by atoms with Gasteiger partial charge in [0.2, 0.25) is 0 Å². The van der Waals surface area contributed by atoms with Gasteiger partial charge in [-0.2, -0.15) is 0 Å². The van der Waals surface area contributed by atoms with Crippen molar-refractivity contribution in [1.29, 1.82) is 0 Å². The average Bonchev–Trinajstić information content (AvgIpc) is 3.06. The number of aryl methyl sites for hydroxylation is 1. The summed E-state index contributed by atoms with van der Waals surface area (Å²) in [5.74, 6) is 0.172. The summed E-state index contributed by atoms with van der Waals surface area (Å²) in [5.41, 5.74) is -0.280. The van der Waals surface area contributed by atoms with Crippen LogP contribution in [0.25, 0.3) is 10.2 Å². The molecular weight excluding hydrogens is 372 g/mol. The number of benzene rings is 1. The van der Waals surface area contributed by atoms with Gasteiger partial charge in [0.15, 0.2) is 4.77 Å². The van der Waals surface area contributed by atoms with Crippen LogP contribution in [0.1, 0.15) is 11.8 Å². The molecular formula is C18H18N2O4S2. The molecule has 26 heavy (non-hydrogen) atoms. The normalized spacial score (nSPS) is 10.8. The molecule has 0 fully saturated rings. The summed E-state index contributed by atoms with van der Waals surface area (Å²) in [7, 11) is 0. The molecule has 3 aromatic rings. The van der Waals surface area contributed by atoms with Gasteiger partial charge in [0, 0.05) is 4.88 Å². The number of carbonyl (C=O) groups is 1. The largest absolute Gasteiger partial charge is 0.490 e. The zero-order chi connectivity index (χ0) is 18.5. The molecule has 1 aromatic carbocycles. The summed E-state index contributed by atoms with van der Waals surface area (Å²) >= 11 is 6.71. The van der Waals surface area contributed by atoms with Crippen molar-refractivity contribution in [1.82, 2.24) is 9.55 Å². The third-order valence-electron chi connectivity index (χ3n) is 3.72. The number of thiophene rings is 1. The van der Waals surface area contributed by atoms with Gasteiger partial charge in [-0.3, -0.25) is 14.2 Å². The van der Waals surface area contributed by atoms with Gasteiger partial charge >= 0.3 is 5.97 Å². The van der Waals surface area contributed by atoms with Crippen LogP contribution < -0.4 is 10.3 Å². The number of hydrogen-bond acceptors (Lipinski definition) is 6. The number of nitrogens with one attached hydrogen (secondary N) is 1. The van der Waals surface area contributed by atoms with Crippen LogP contribution in [0.5, 0.6) is 5.75 Å². The number of aromatic nitrogens is 2. The Balaban J connectivity index is 1.62. The van der Waals surface area contributed by atoms with Crippen molar-refractivity contribution in [2.45, 2.75) is 19.9 Å². The van der Waals surface area contributed by atoms with Crippen LogP contribution in [0.4, 0.5) is 0 Å². The maximum atomic E-state index is 12.6. The Hall–Kier alpha value is -2.45. The quantitative estimate of drug-likeness (QED) is 0.381. The fraction of sp³-hybridized carbons (Fsp3) is 0.278. The van der Waals surface area contributed by atoms with Crippen LogP contribution in [0.15, 0.2) is 41.2 Å². The van der Waals surface area contributed by atoms with Crippen LogP contribution >= 0.6 is 23.6 Å². The molecule has 0 aliphatic heterocycles. The Bertz CT molecular complexity index is 1020. The smallest absolute Gasteiger partial charge is 0.326 e. The van der Waals surface area contributed by atoms with E-state index in [0.29, 0.717) is 11.1 Å². The first-order chi connectivity index (χ1) is 12.6. The van der Waals surface area contributed by atoms with E-state index < -0.39 is 5.97 Å². The third-order valence-corrected chi connectivity index (χ3v) is 5.24. The average molecular weight is 390 g/mol. The van der Waals surface area contributed by atoms with E-state index in [0.717, 1.165) is 16.1 Å². The van der Waals surface area contributed by atoms with E-state index in [9.17, 15) is 9.59 Å². The summed E-state index contributed by atoms with van der Waals surface area (Å²) in [6.07, 6.45) is 0.836. The van der Waals surface area contributed by atoms with Crippen LogP contribution in [-0.4, -0.2) is 28.7 Å². The summed E-state index contributed by atoms with van der Waals surface area (Å²) in [4.78, 5) is 29.4. The fourth-order valence-corrected chi connectivity index (χ4v) is 3.72. The van der Waals surface area contributed by atoms with E-state index in [-0.39, 0.29) is 30.1 Å². The molecule has 2 heterocycles. The minimum absolute atomic E-state index is 0.0969. The predicted octanol–water partition coefficient (Wildman–Crippen LogP) is 3.31. The lowest BCUT2D eigenvalue weighted by atomic mass is 10.3. The first kappa shape index (κ1) is 18.3. The Morgan fingerprint density at radius 1 is 1.27 bits per heavy atom. The first-order valence-corrected chi connectivity index (χ1v) is 9.40. The van der Waals surface area contributed by atoms with Crippen molar-refractivity contribution < 1.29 is 14.3 Å². The highest BCUT2D eigenvalue weighted by Gasteiger charge is 2.13. The molecule has 0 aliphatic rings. The van der Waals surface area contributed by atoms with E-state index in [1.165, 1.54) is 15.9 Å². The van der Waals surface area contributed by atoms with E-state index >= 15 is 0 Å². The molecule has 0 unspecified atom stereocenters. The second-order valence-corrected chi connectivity index (χ2v) is 7.04. The predicted molar refractivity (Wildman–Crippen MR) is 104 cm³/mol. The van der Waals surface area contributed by atoms with Crippen molar-refractivity contribution in [3.8, 4) is 5.75 Å². The fourth-order valence-electron chi connectivity index (χ4n) is 2.42. The number of para-hydroxylation sites is 1. The van der Waals surface area contributed by atoms with Gasteiger partial charge in [0.25, 0.3) is 5.56 Å². The number of H-pyrrole nitrogens is 1. The van der Waals surface area contributed by atoms with Gasteiger partial charge in [0.05, 0.1) is 5.39 Å². The molecule has 2 aromatic heterocycles. The van der Waals surface area contributed by atoms with Gasteiger partial charge in [0.1, 0.15) is 30.3 Å². The third kappa shape index (κ3) is 4.20. The zero-order valence-corrected chi connectivity index (χ0v) is 15.8. The number of nitrogens with zero attached hydrogens (tertiary/aromatic N) is 1. The monoisotopic (exact) mass is 390 g/mol. The number of ether oxygens (including phenoxy) is 2. The number of fused-ring (bicyclic) bond motifs is 1. The molecule has 136 valence electrons. The minimum atomic E-state index is -0.534. The molecule has 0 saturated heterocycles. The second kappa shape index (κ2) is 8.29. The molecule has 0 bridgehead atoms. The van der Waals surface area contributed by atoms with Crippen molar-refractivity contribution >= 4 is 39.7 Å². The van der Waals surface area contributed by atoms with E-state index in [2.05, 4.69) is 4.98 Å². The van der Waals surface area contributed by atoms with Crippen LogP contribution in [0.3, 0.4) is 0 Å². The van der Waals surface area contributed by atoms with Crippen molar-refractivity contribution in [3.63, 3.8) is 0 Å². The Morgan fingerprint density at radius 3 is 2.77 bits per heavy atom. The van der Waals surface area contributed by atoms with Gasteiger partial charge in [-0.15, -0.1) is 11.3 Å². The highest BCUT2D eigenvalue weighted by molar-refractivity contribution is 7.71. The van der Waals surface area contributed by atoms with Gasteiger partial charge in [-0.25, -0.2) is 0 Å².